The predicted molar refractivity (Wildman–Crippen MR) is 69.5 cm³/mol. The molecule has 0 atom stereocenters. The SMILES string of the molecule is O=c1c(O)c(-c2ccccc2)oc2ccc(F)cc12. The normalized spacial score (nSPS) is 10.8. The fourth-order valence-electron chi connectivity index (χ4n) is 1.94. The molecule has 1 N–H and O–H groups in total. The zero-order valence-electron chi connectivity index (χ0n) is 9.76. The van der Waals surface area contributed by atoms with E-state index >= 15 is 0 Å². The van der Waals surface area contributed by atoms with E-state index in [0.717, 1.165) is 6.07 Å². The molecule has 0 spiro atoms. The van der Waals surface area contributed by atoms with E-state index < -0.39 is 17.0 Å². The Labute approximate surface area is 107 Å². The Balaban J connectivity index is 2.37. The number of aromatic hydroxyl groups is 1. The zero-order valence-corrected chi connectivity index (χ0v) is 9.76. The van der Waals surface area contributed by atoms with Crippen LogP contribution in [-0.4, -0.2) is 5.11 Å². The number of halogens is 1. The summed E-state index contributed by atoms with van der Waals surface area (Å²) in [6.45, 7) is 0. The lowest BCUT2D eigenvalue weighted by Crippen LogP contribution is -2.02. The Hall–Kier alpha value is -2.62. The second-order valence-electron chi connectivity index (χ2n) is 4.12. The Morgan fingerprint density at radius 1 is 1.05 bits per heavy atom. The van der Waals surface area contributed by atoms with Crippen LogP contribution in [0.5, 0.6) is 5.75 Å². The molecule has 0 aliphatic rings. The summed E-state index contributed by atoms with van der Waals surface area (Å²) in [4.78, 5) is 12.0. The lowest BCUT2D eigenvalue weighted by atomic mass is 10.1. The Morgan fingerprint density at radius 3 is 2.53 bits per heavy atom. The molecule has 0 bridgehead atoms. The second-order valence-corrected chi connectivity index (χ2v) is 4.12. The maximum Gasteiger partial charge on any atom is 0.235 e. The van der Waals surface area contributed by atoms with E-state index in [-0.39, 0.29) is 16.7 Å². The Morgan fingerprint density at radius 2 is 1.79 bits per heavy atom. The molecular formula is C15H9FO3. The highest BCUT2D eigenvalue weighted by Gasteiger charge is 2.15. The van der Waals surface area contributed by atoms with E-state index in [1.165, 1.54) is 12.1 Å². The third kappa shape index (κ3) is 1.87. The second kappa shape index (κ2) is 4.24. The van der Waals surface area contributed by atoms with E-state index in [1.807, 2.05) is 6.07 Å². The largest absolute Gasteiger partial charge is 0.502 e. The summed E-state index contributed by atoms with van der Waals surface area (Å²) in [7, 11) is 0. The summed E-state index contributed by atoms with van der Waals surface area (Å²) in [5, 5.41) is 9.94. The van der Waals surface area contributed by atoms with Gasteiger partial charge in [0.05, 0.1) is 5.39 Å². The van der Waals surface area contributed by atoms with Crippen LogP contribution in [0.4, 0.5) is 4.39 Å². The molecule has 0 unspecified atom stereocenters. The molecule has 0 saturated heterocycles. The highest BCUT2D eigenvalue weighted by atomic mass is 19.1. The minimum absolute atomic E-state index is 0.0252. The van der Waals surface area contributed by atoms with Gasteiger partial charge in [0.25, 0.3) is 0 Å². The first kappa shape index (κ1) is 11.5. The molecule has 3 nitrogen and oxygen atoms in total. The van der Waals surface area contributed by atoms with Gasteiger partial charge in [0.2, 0.25) is 11.2 Å². The monoisotopic (exact) mass is 256 g/mol. The van der Waals surface area contributed by atoms with E-state index in [4.69, 9.17) is 4.42 Å². The number of rotatable bonds is 1. The van der Waals surface area contributed by atoms with Gasteiger partial charge in [0.15, 0.2) is 5.76 Å². The van der Waals surface area contributed by atoms with E-state index in [0.29, 0.717) is 5.56 Å². The fourth-order valence-corrected chi connectivity index (χ4v) is 1.94. The number of hydrogen-bond donors (Lipinski definition) is 1. The first-order valence-electron chi connectivity index (χ1n) is 5.67. The van der Waals surface area contributed by atoms with Gasteiger partial charge in [-0.1, -0.05) is 30.3 Å². The van der Waals surface area contributed by atoms with E-state index in [9.17, 15) is 14.3 Å². The van der Waals surface area contributed by atoms with Crippen LogP contribution in [0.1, 0.15) is 0 Å². The van der Waals surface area contributed by atoms with Crippen LogP contribution < -0.4 is 5.43 Å². The molecule has 0 aliphatic carbocycles. The molecule has 19 heavy (non-hydrogen) atoms. The summed E-state index contributed by atoms with van der Waals surface area (Å²) in [5.41, 5.74) is 0.186. The minimum Gasteiger partial charge on any atom is -0.502 e. The average Bonchev–Trinajstić information content (AvgIpc) is 2.44. The van der Waals surface area contributed by atoms with Crippen molar-refractivity contribution in [1.82, 2.24) is 0 Å². The van der Waals surface area contributed by atoms with Crippen LogP contribution in [0.25, 0.3) is 22.3 Å². The highest BCUT2D eigenvalue weighted by molar-refractivity contribution is 5.81. The standard InChI is InChI=1S/C15H9FO3/c16-10-6-7-12-11(8-10)13(17)14(18)15(19-12)9-4-2-1-3-5-9/h1-8,18H. The summed E-state index contributed by atoms with van der Waals surface area (Å²) in [5.74, 6) is -0.972. The molecule has 0 saturated carbocycles. The van der Waals surface area contributed by atoms with Crippen molar-refractivity contribution in [2.45, 2.75) is 0 Å². The zero-order chi connectivity index (χ0) is 13.4. The van der Waals surface area contributed by atoms with E-state index in [1.54, 1.807) is 24.3 Å². The topological polar surface area (TPSA) is 50.4 Å². The fraction of sp³-hybridized carbons (Fsp3) is 0. The van der Waals surface area contributed by atoms with Crippen LogP contribution >= 0.6 is 0 Å². The first-order chi connectivity index (χ1) is 9.16. The minimum atomic E-state index is -0.639. The summed E-state index contributed by atoms with van der Waals surface area (Å²) in [6, 6.07) is 12.4. The number of hydrogen-bond acceptors (Lipinski definition) is 3. The molecule has 94 valence electrons. The van der Waals surface area contributed by atoms with Gasteiger partial charge in [-0.15, -0.1) is 0 Å². The van der Waals surface area contributed by atoms with Gasteiger partial charge in [0, 0.05) is 5.56 Å². The predicted octanol–water partition coefficient (Wildman–Crippen LogP) is 3.30. The maximum absolute atomic E-state index is 13.1. The molecule has 2 aromatic carbocycles. The summed E-state index contributed by atoms with van der Waals surface area (Å²) < 4.78 is 18.6. The third-order valence-corrected chi connectivity index (χ3v) is 2.86. The number of fused-ring (bicyclic) bond motifs is 1. The maximum atomic E-state index is 13.1. The van der Waals surface area contributed by atoms with Gasteiger partial charge in [-0.3, -0.25) is 4.79 Å². The smallest absolute Gasteiger partial charge is 0.235 e. The van der Waals surface area contributed by atoms with Gasteiger partial charge in [-0.05, 0) is 18.2 Å². The van der Waals surface area contributed by atoms with Crippen molar-refractivity contribution in [1.29, 1.82) is 0 Å². The van der Waals surface area contributed by atoms with Crippen LogP contribution in [0.15, 0.2) is 57.7 Å². The third-order valence-electron chi connectivity index (χ3n) is 2.86. The van der Waals surface area contributed by atoms with Gasteiger partial charge >= 0.3 is 0 Å². The van der Waals surface area contributed by atoms with Gasteiger partial charge in [-0.2, -0.15) is 0 Å². The van der Waals surface area contributed by atoms with Gasteiger partial charge in [-0.25, -0.2) is 4.39 Å². The lowest BCUT2D eigenvalue weighted by Gasteiger charge is -2.05. The molecule has 1 heterocycles. The summed E-state index contributed by atoms with van der Waals surface area (Å²) >= 11 is 0. The lowest BCUT2D eigenvalue weighted by molar-refractivity contribution is 0.449. The van der Waals surface area contributed by atoms with Gasteiger partial charge < -0.3 is 9.52 Å². The first-order valence-corrected chi connectivity index (χ1v) is 5.67. The molecule has 0 fully saturated rings. The Kier molecular flexibility index (Phi) is 2.56. The van der Waals surface area contributed by atoms with Crippen LogP contribution in [0.3, 0.4) is 0 Å². The molecule has 0 aliphatic heterocycles. The van der Waals surface area contributed by atoms with Crippen molar-refractivity contribution < 1.29 is 13.9 Å². The molecule has 0 radical (unpaired) electrons. The molecule has 1 aromatic heterocycles. The van der Waals surface area contributed by atoms with Crippen LogP contribution in [0, 0.1) is 5.82 Å². The average molecular weight is 256 g/mol. The molecule has 3 rings (SSSR count). The molecular weight excluding hydrogens is 247 g/mol. The van der Waals surface area contributed by atoms with Crippen molar-refractivity contribution in [3.63, 3.8) is 0 Å². The quantitative estimate of drug-likeness (QED) is 0.726. The van der Waals surface area contributed by atoms with Gasteiger partial charge in [0.1, 0.15) is 11.4 Å². The Bertz CT molecular complexity index is 807. The summed E-state index contributed by atoms with van der Waals surface area (Å²) in [6.07, 6.45) is 0. The van der Waals surface area contributed by atoms with Crippen molar-refractivity contribution in [2.24, 2.45) is 0 Å². The highest BCUT2D eigenvalue weighted by Crippen LogP contribution is 2.29. The van der Waals surface area contributed by atoms with Crippen molar-refractivity contribution in [3.05, 3.63) is 64.6 Å². The van der Waals surface area contributed by atoms with Crippen molar-refractivity contribution >= 4 is 11.0 Å². The van der Waals surface area contributed by atoms with Crippen LogP contribution in [0.2, 0.25) is 0 Å². The molecule has 3 aromatic rings. The number of benzene rings is 2. The van der Waals surface area contributed by atoms with Crippen LogP contribution in [-0.2, 0) is 0 Å². The van der Waals surface area contributed by atoms with E-state index in [2.05, 4.69) is 0 Å². The molecule has 0 amide bonds. The molecule has 4 heteroatoms. The van der Waals surface area contributed by atoms with Crippen molar-refractivity contribution in [3.8, 4) is 17.1 Å². The van der Waals surface area contributed by atoms with Crippen molar-refractivity contribution in [2.75, 3.05) is 0 Å².